The molecule has 1 aromatic heterocycles. The Morgan fingerprint density at radius 2 is 2.17 bits per heavy atom. The molecular weight excluding hydrogens is 226 g/mol. The molecule has 0 aromatic carbocycles. The summed E-state index contributed by atoms with van der Waals surface area (Å²) >= 11 is 0. The third-order valence-corrected chi connectivity index (χ3v) is 3.58. The monoisotopic (exact) mass is 249 g/mol. The average Bonchev–Trinajstić information content (AvgIpc) is 2.39. The predicted molar refractivity (Wildman–Crippen MR) is 73.7 cm³/mol. The number of hydrogen-bond acceptors (Lipinski definition) is 4. The van der Waals surface area contributed by atoms with E-state index >= 15 is 0 Å². The molecule has 0 aliphatic carbocycles. The van der Waals surface area contributed by atoms with Gasteiger partial charge in [-0.25, -0.2) is 4.98 Å². The van der Waals surface area contributed by atoms with Crippen molar-refractivity contribution in [2.24, 2.45) is 11.7 Å². The molecule has 2 N–H and O–H groups in total. The first-order chi connectivity index (χ1) is 8.70. The van der Waals surface area contributed by atoms with E-state index in [1.165, 1.54) is 5.56 Å². The molecule has 0 radical (unpaired) electrons. The molecule has 100 valence electrons. The highest BCUT2D eigenvalue weighted by Crippen LogP contribution is 2.21. The van der Waals surface area contributed by atoms with Crippen molar-refractivity contribution in [2.75, 3.05) is 31.7 Å². The standard InChI is InChI=1S/C14H23N3O/c1-11-7-13(8-15)9-16-14(11)17(2)10-12-3-5-18-6-4-12/h7,9,12H,3-6,8,10,15H2,1-2H3. The Bertz CT molecular complexity index is 389. The molecule has 1 fully saturated rings. The highest BCUT2D eigenvalue weighted by atomic mass is 16.5. The second kappa shape index (κ2) is 6.16. The van der Waals surface area contributed by atoms with Crippen molar-refractivity contribution < 1.29 is 4.74 Å². The lowest BCUT2D eigenvalue weighted by Gasteiger charge is -2.28. The fourth-order valence-corrected chi connectivity index (χ4v) is 2.54. The molecule has 1 aliphatic heterocycles. The van der Waals surface area contributed by atoms with Gasteiger partial charge in [-0.05, 0) is 42.9 Å². The Kier molecular flexibility index (Phi) is 4.55. The highest BCUT2D eigenvalue weighted by Gasteiger charge is 2.17. The van der Waals surface area contributed by atoms with E-state index in [-0.39, 0.29) is 0 Å². The average molecular weight is 249 g/mol. The van der Waals surface area contributed by atoms with Crippen molar-refractivity contribution in [3.63, 3.8) is 0 Å². The van der Waals surface area contributed by atoms with Gasteiger partial charge in [-0.2, -0.15) is 0 Å². The van der Waals surface area contributed by atoms with Crippen molar-refractivity contribution in [3.05, 3.63) is 23.4 Å². The van der Waals surface area contributed by atoms with Gasteiger partial charge in [-0.1, -0.05) is 0 Å². The lowest BCUT2D eigenvalue weighted by atomic mass is 10.00. The molecule has 4 heteroatoms. The van der Waals surface area contributed by atoms with Gasteiger partial charge in [0.1, 0.15) is 5.82 Å². The van der Waals surface area contributed by atoms with Crippen LogP contribution in [0.5, 0.6) is 0 Å². The van der Waals surface area contributed by atoms with E-state index in [2.05, 4.69) is 29.9 Å². The van der Waals surface area contributed by atoms with Crippen LogP contribution in [0.1, 0.15) is 24.0 Å². The Morgan fingerprint density at radius 3 is 2.78 bits per heavy atom. The van der Waals surface area contributed by atoms with Crippen molar-refractivity contribution in [2.45, 2.75) is 26.3 Å². The summed E-state index contributed by atoms with van der Waals surface area (Å²) in [5, 5.41) is 0. The van der Waals surface area contributed by atoms with Crippen LogP contribution in [0.2, 0.25) is 0 Å². The second-order valence-corrected chi connectivity index (χ2v) is 5.12. The molecule has 4 nitrogen and oxygen atoms in total. The number of pyridine rings is 1. The Labute approximate surface area is 109 Å². The predicted octanol–water partition coefficient (Wildman–Crippen LogP) is 1.71. The number of aryl methyl sites for hydroxylation is 1. The van der Waals surface area contributed by atoms with Crippen LogP contribution in [0, 0.1) is 12.8 Å². The maximum absolute atomic E-state index is 5.63. The molecule has 0 bridgehead atoms. The van der Waals surface area contributed by atoms with Crippen molar-refractivity contribution >= 4 is 5.82 Å². The van der Waals surface area contributed by atoms with Crippen LogP contribution in [0.4, 0.5) is 5.82 Å². The Hall–Kier alpha value is -1.13. The van der Waals surface area contributed by atoms with E-state index in [0.717, 1.165) is 49.9 Å². The minimum absolute atomic E-state index is 0.553. The highest BCUT2D eigenvalue weighted by molar-refractivity contribution is 5.46. The van der Waals surface area contributed by atoms with Gasteiger partial charge in [-0.15, -0.1) is 0 Å². The van der Waals surface area contributed by atoms with Crippen LogP contribution in [0.25, 0.3) is 0 Å². The molecule has 2 heterocycles. The SMILES string of the molecule is Cc1cc(CN)cnc1N(C)CC1CCOCC1. The maximum Gasteiger partial charge on any atom is 0.131 e. The third kappa shape index (κ3) is 3.21. The zero-order valence-electron chi connectivity index (χ0n) is 11.4. The number of aromatic nitrogens is 1. The van der Waals surface area contributed by atoms with Gasteiger partial charge < -0.3 is 15.4 Å². The lowest BCUT2D eigenvalue weighted by molar-refractivity contribution is 0.0685. The number of hydrogen-bond donors (Lipinski definition) is 1. The van der Waals surface area contributed by atoms with Crippen molar-refractivity contribution in [3.8, 4) is 0 Å². The molecule has 18 heavy (non-hydrogen) atoms. The fraction of sp³-hybridized carbons (Fsp3) is 0.643. The van der Waals surface area contributed by atoms with Gasteiger partial charge >= 0.3 is 0 Å². The smallest absolute Gasteiger partial charge is 0.131 e. The van der Waals surface area contributed by atoms with E-state index in [9.17, 15) is 0 Å². The number of rotatable bonds is 4. The summed E-state index contributed by atoms with van der Waals surface area (Å²) in [5.41, 5.74) is 7.92. The number of ether oxygens (including phenoxy) is 1. The maximum atomic E-state index is 5.63. The van der Waals surface area contributed by atoms with E-state index in [1.807, 2.05) is 6.20 Å². The summed E-state index contributed by atoms with van der Waals surface area (Å²) in [6, 6.07) is 2.13. The third-order valence-electron chi connectivity index (χ3n) is 3.58. The summed E-state index contributed by atoms with van der Waals surface area (Å²) in [4.78, 5) is 6.78. The molecular formula is C14H23N3O. The second-order valence-electron chi connectivity index (χ2n) is 5.12. The first-order valence-corrected chi connectivity index (χ1v) is 6.65. The molecule has 0 spiro atoms. The quantitative estimate of drug-likeness (QED) is 0.882. The van der Waals surface area contributed by atoms with E-state index in [1.54, 1.807) is 0 Å². The van der Waals surface area contributed by atoms with Gasteiger partial charge in [-0.3, -0.25) is 0 Å². The summed E-state index contributed by atoms with van der Waals surface area (Å²) in [6.45, 7) is 5.51. The zero-order valence-corrected chi connectivity index (χ0v) is 11.4. The Morgan fingerprint density at radius 1 is 1.44 bits per heavy atom. The zero-order chi connectivity index (χ0) is 13.0. The lowest BCUT2D eigenvalue weighted by Crippen LogP contribution is -2.30. The van der Waals surface area contributed by atoms with Crippen LogP contribution in [0.3, 0.4) is 0 Å². The Balaban J connectivity index is 2.01. The molecule has 1 aromatic rings. The molecule has 0 atom stereocenters. The van der Waals surface area contributed by atoms with E-state index in [4.69, 9.17) is 10.5 Å². The summed E-state index contributed by atoms with van der Waals surface area (Å²) in [7, 11) is 2.12. The minimum atomic E-state index is 0.553. The van der Waals surface area contributed by atoms with Gasteiger partial charge in [0, 0.05) is 39.5 Å². The van der Waals surface area contributed by atoms with Gasteiger partial charge in [0.15, 0.2) is 0 Å². The van der Waals surface area contributed by atoms with Gasteiger partial charge in [0.25, 0.3) is 0 Å². The molecule has 1 saturated heterocycles. The molecule has 0 saturated carbocycles. The van der Waals surface area contributed by atoms with Crippen LogP contribution in [-0.2, 0) is 11.3 Å². The number of nitrogens with zero attached hydrogens (tertiary/aromatic N) is 2. The minimum Gasteiger partial charge on any atom is -0.381 e. The van der Waals surface area contributed by atoms with Crippen LogP contribution >= 0.6 is 0 Å². The summed E-state index contributed by atoms with van der Waals surface area (Å²) in [6.07, 6.45) is 4.19. The van der Waals surface area contributed by atoms with Crippen LogP contribution in [0.15, 0.2) is 12.3 Å². The summed E-state index contributed by atoms with van der Waals surface area (Å²) in [5.74, 6) is 1.79. The molecule has 2 rings (SSSR count). The number of anilines is 1. The molecule has 0 amide bonds. The van der Waals surface area contributed by atoms with Gasteiger partial charge in [0.05, 0.1) is 0 Å². The fourth-order valence-electron chi connectivity index (χ4n) is 2.54. The van der Waals surface area contributed by atoms with E-state index in [0.29, 0.717) is 6.54 Å². The number of nitrogens with two attached hydrogens (primary N) is 1. The largest absolute Gasteiger partial charge is 0.381 e. The normalized spacial score (nSPS) is 16.8. The molecule has 0 unspecified atom stereocenters. The topological polar surface area (TPSA) is 51.4 Å². The van der Waals surface area contributed by atoms with Crippen molar-refractivity contribution in [1.82, 2.24) is 4.98 Å². The van der Waals surface area contributed by atoms with Crippen LogP contribution < -0.4 is 10.6 Å². The first kappa shape index (κ1) is 13.3. The molecule has 1 aliphatic rings. The first-order valence-electron chi connectivity index (χ1n) is 6.65. The van der Waals surface area contributed by atoms with Gasteiger partial charge in [0.2, 0.25) is 0 Å². The summed E-state index contributed by atoms with van der Waals surface area (Å²) < 4.78 is 5.39. The van der Waals surface area contributed by atoms with E-state index < -0.39 is 0 Å². The van der Waals surface area contributed by atoms with Crippen LogP contribution in [-0.4, -0.2) is 31.8 Å². The van der Waals surface area contributed by atoms with Crippen molar-refractivity contribution in [1.29, 1.82) is 0 Å².